The fraction of sp³-hybridized carbons (Fsp3) is 0.529. The SMILES string of the molecule is CCCC1C(=O)NC(C)C(=O)N1Cc1cc(C)ccc1C. The molecule has 1 heterocycles. The number of piperazine rings is 1. The second-order valence-corrected chi connectivity index (χ2v) is 5.93. The van der Waals surface area contributed by atoms with Gasteiger partial charge in [-0.3, -0.25) is 9.59 Å². The summed E-state index contributed by atoms with van der Waals surface area (Å²) in [7, 11) is 0. The molecule has 1 aromatic rings. The van der Waals surface area contributed by atoms with E-state index in [2.05, 4.69) is 23.5 Å². The Balaban J connectivity index is 2.30. The molecule has 1 N–H and O–H groups in total. The molecule has 0 bridgehead atoms. The van der Waals surface area contributed by atoms with Crippen molar-refractivity contribution in [2.24, 2.45) is 0 Å². The van der Waals surface area contributed by atoms with Gasteiger partial charge in [0.2, 0.25) is 11.8 Å². The zero-order valence-corrected chi connectivity index (χ0v) is 13.3. The third-order valence-corrected chi connectivity index (χ3v) is 4.10. The molecule has 2 atom stereocenters. The first kappa shape index (κ1) is 15.5. The number of rotatable bonds is 4. The number of aryl methyl sites for hydroxylation is 2. The highest BCUT2D eigenvalue weighted by Crippen LogP contribution is 2.20. The molecule has 4 nitrogen and oxygen atoms in total. The number of amides is 2. The highest BCUT2D eigenvalue weighted by molar-refractivity contribution is 5.96. The zero-order valence-electron chi connectivity index (χ0n) is 13.3. The van der Waals surface area contributed by atoms with Gasteiger partial charge in [0.15, 0.2) is 0 Å². The maximum Gasteiger partial charge on any atom is 0.245 e. The summed E-state index contributed by atoms with van der Waals surface area (Å²) >= 11 is 0. The monoisotopic (exact) mass is 288 g/mol. The van der Waals surface area contributed by atoms with Crippen LogP contribution in [0.4, 0.5) is 0 Å². The largest absolute Gasteiger partial charge is 0.343 e. The van der Waals surface area contributed by atoms with E-state index in [9.17, 15) is 9.59 Å². The van der Waals surface area contributed by atoms with Gasteiger partial charge in [0.1, 0.15) is 12.1 Å². The van der Waals surface area contributed by atoms with Crippen molar-refractivity contribution in [3.05, 3.63) is 34.9 Å². The van der Waals surface area contributed by atoms with E-state index in [1.807, 2.05) is 20.8 Å². The predicted molar refractivity (Wildman–Crippen MR) is 82.8 cm³/mol. The van der Waals surface area contributed by atoms with Gasteiger partial charge in [0.05, 0.1) is 0 Å². The van der Waals surface area contributed by atoms with Crippen LogP contribution in [0, 0.1) is 13.8 Å². The number of nitrogens with one attached hydrogen (secondary N) is 1. The molecule has 4 heteroatoms. The summed E-state index contributed by atoms with van der Waals surface area (Å²) in [6, 6.07) is 5.45. The van der Waals surface area contributed by atoms with Crippen LogP contribution in [-0.2, 0) is 16.1 Å². The normalized spacial score (nSPS) is 22.4. The Hall–Kier alpha value is -1.84. The number of carbonyl (C=O) groups excluding carboxylic acids is 2. The molecule has 1 saturated heterocycles. The Morgan fingerprint density at radius 1 is 1.24 bits per heavy atom. The molecule has 0 saturated carbocycles. The molecule has 2 amide bonds. The Morgan fingerprint density at radius 2 is 1.95 bits per heavy atom. The number of benzene rings is 1. The predicted octanol–water partition coefficient (Wildman–Crippen LogP) is 2.32. The van der Waals surface area contributed by atoms with Gasteiger partial charge in [-0.2, -0.15) is 0 Å². The van der Waals surface area contributed by atoms with Crippen molar-refractivity contribution >= 4 is 11.8 Å². The quantitative estimate of drug-likeness (QED) is 0.924. The van der Waals surface area contributed by atoms with Crippen molar-refractivity contribution in [1.29, 1.82) is 0 Å². The van der Waals surface area contributed by atoms with E-state index < -0.39 is 6.04 Å². The molecular weight excluding hydrogens is 264 g/mol. The van der Waals surface area contributed by atoms with Crippen molar-refractivity contribution in [2.75, 3.05) is 0 Å². The molecule has 21 heavy (non-hydrogen) atoms. The van der Waals surface area contributed by atoms with E-state index in [-0.39, 0.29) is 17.9 Å². The Bertz CT molecular complexity index is 554. The summed E-state index contributed by atoms with van der Waals surface area (Å²) in [5.74, 6) is -0.0248. The van der Waals surface area contributed by atoms with Gasteiger partial charge in [-0.1, -0.05) is 37.1 Å². The molecule has 1 aliphatic rings. The standard InChI is InChI=1S/C17H24N2O2/c1-5-6-15-16(20)18-13(4)17(21)19(15)10-14-9-11(2)7-8-12(14)3/h7-9,13,15H,5-6,10H2,1-4H3,(H,18,20). The highest BCUT2D eigenvalue weighted by Gasteiger charge is 2.37. The van der Waals surface area contributed by atoms with Crippen LogP contribution in [0.3, 0.4) is 0 Å². The Kier molecular flexibility index (Phi) is 4.66. The van der Waals surface area contributed by atoms with Crippen LogP contribution < -0.4 is 5.32 Å². The second-order valence-electron chi connectivity index (χ2n) is 5.93. The lowest BCUT2D eigenvalue weighted by atomic mass is 10.00. The summed E-state index contributed by atoms with van der Waals surface area (Å²) in [5, 5.41) is 2.78. The van der Waals surface area contributed by atoms with Crippen LogP contribution >= 0.6 is 0 Å². The van der Waals surface area contributed by atoms with Gasteiger partial charge in [-0.05, 0) is 38.3 Å². The van der Waals surface area contributed by atoms with E-state index in [4.69, 9.17) is 0 Å². The first-order chi connectivity index (χ1) is 9.93. The molecule has 0 spiro atoms. The van der Waals surface area contributed by atoms with E-state index in [0.717, 1.165) is 17.5 Å². The molecule has 0 radical (unpaired) electrons. The fourth-order valence-corrected chi connectivity index (χ4v) is 2.82. The molecule has 1 aromatic carbocycles. The average Bonchev–Trinajstić information content (AvgIpc) is 2.43. The highest BCUT2D eigenvalue weighted by atomic mass is 16.2. The average molecular weight is 288 g/mol. The maximum absolute atomic E-state index is 12.5. The number of hydrogen-bond acceptors (Lipinski definition) is 2. The third-order valence-electron chi connectivity index (χ3n) is 4.10. The van der Waals surface area contributed by atoms with Crippen LogP contribution in [0.25, 0.3) is 0 Å². The van der Waals surface area contributed by atoms with Gasteiger partial charge in [-0.15, -0.1) is 0 Å². The molecule has 1 fully saturated rings. The van der Waals surface area contributed by atoms with Crippen molar-refractivity contribution in [3.8, 4) is 0 Å². The van der Waals surface area contributed by atoms with E-state index in [1.54, 1.807) is 11.8 Å². The topological polar surface area (TPSA) is 49.4 Å². The van der Waals surface area contributed by atoms with Crippen LogP contribution in [0.15, 0.2) is 18.2 Å². The molecular formula is C17H24N2O2. The molecule has 1 aliphatic heterocycles. The van der Waals surface area contributed by atoms with Crippen LogP contribution in [-0.4, -0.2) is 28.8 Å². The number of carbonyl (C=O) groups is 2. The second kappa shape index (κ2) is 6.29. The van der Waals surface area contributed by atoms with E-state index >= 15 is 0 Å². The maximum atomic E-state index is 12.5. The van der Waals surface area contributed by atoms with E-state index in [0.29, 0.717) is 13.0 Å². The van der Waals surface area contributed by atoms with Crippen molar-refractivity contribution < 1.29 is 9.59 Å². The first-order valence-electron chi connectivity index (χ1n) is 7.61. The molecule has 0 aromatic heterocycles. The minimum atomic E-state index is -0.435. The summed E-state index contributed by atoms with van der Waals surface area (Å²) < 4.78 is 0. The van der Waals surface area contributed by atoms with Gasteiger partial charge in [0.25, 0.3) is 0 Å². The summed E-state index contributed by atoms with van der Waals surface area (Å²) in [6.45, 7) is 8.38. The van der Waals surface area contributed by atoms with Gasteiger partial charge >= 0.3 is 0 Å². The minimum absolute atomic E-state index is 0.00829. The van der Waals surface area contributed by atoms with Gasteiger partial charge in [0, 0.05) is 6.54 Å². The van der Waals surface area contributed by atoms with E-state index in [1.165, 1.54) is 5.56 Å². The summed E-state index contributed by atoms with van der Waals surface area (Å²) in [6.07, 6.45) is 1.58. The molecule has 0 aliphatic carbocycles. The van der Waals surface area contributed by atoms with Gasteiger partial charge in [-0.25, -0.2) is 0 Å². The smallest absolute Gasteiger partial charge is 0.245 e. The van der Waals surface area contributed by atoms with Crippen molar-refractivity contribution in [3.63, 3.8) is 0 Å². The van der Waals surface area contributed by atoms with Crippen LogP contribution in [0.1, 0.15) is 43.4 Å². The van der Waals surface area contributed by atoms with Crippen LogP contribution in [0.2, 0.25) is 0 Å². The van der Waals surface area contributed by atoms with Crippen molar-refractivity contribution in [1.82, 2.24) is 10.2 Å². The molecule has 114 valence electrons. The minimum Gasteiger partial charge on any atom is -0.343 e. The summed E-state index contributed by atoms with van der Waals surface area (Å²) in [4.78, 5) is 26.4. The zero-order chi connectivity index (χ0) is 15.6. The lowest BCUT2D eigenvalue weighted by Crippen LogP contribution is -2.61. The number of nitrogens with zero attached hydrogens (tertiary/aromatic N) is 1. The number of hydrogen-bond donors (Lipinski definition) is 1. The lowest BCUT2D eigenvalue weighted by molar-refractivity contribution is -0.149. The van der Waals surface area contributed by atoms with Crippen LogP contribution in [0.5, 0.6) is 0 Å². The Labute approximate surface area is 126 Å². The third kappa shape index (κ3) is 3.26. The first-order valence-corrected chi connectivity index (χ1v) is 7.61. The summed E-state index contributed by atoms with van der Waals surface area (Å²) in [5.41, 5.74) is 3.44. The fourth-order valence-electron chi connectivity index (χ4n) is 2.82. The van der Waals surface area contributed by atoms with Crippen molar-refractivity contribution in [2.45, 2.75) is 59.2 Å². The van der Waals surface area contributed by atoms with Gasteiger partial charge < -0.3 is 10.2 Å². The Morgan fingerprint density at radius 3 is 2.62 bits per heavy atom. The molecule has 2 rings (SSSR count). The lowest BCUT2D eigenvalue weighted by Gasteiger charge is -2.38. The molecule has 2 unspecified atom stereocenters.